The number of amides is 1. The van der Waals surface area contributed by atoms with Crippen LogP contribution in [0.4, 0.5) is 5.95 Å². The summed E-state index contributed by atoms with van der Waals surface area (Å²) in [5, 5.41) is 7.24. The number of fused-ring (bicyclic) bond motifs is 1. The van der Waals surface area contributed by atoms with Gasteiger partial charge in [-0.15, -0.1) is 0 Å². The minimum Gasteiger partial charge on any atom is -0.356 e. The number of anilines is 1. The maximum Gasteiger partial charge on any atom is 0.225 e. The summed E-state index contributed by atoms with van der Waals surface area (Å²) in [4.78, 5) is 24.0. The summed E-state index contributed by atoms with van der Waals surface area (Å²) in [6.45, 7) is 3.63. The molecule has 7 nitrogen and oxygen atoms in total. The fourth-order valence-corrected chi connectivity index (χ4v) is 3.82. The Morgan fingerprint density at radius 3 is 3.00 bits per heavy atom. The number of carbonyl (C=O) groups excluding carboxylic acids is 1. The second-order valence-corrected chi connectivity index (χ2v) is 7.19. The highest BCUT2D eigenvalue weighted by Gasteiger charge is 2.26. The number of aromatic nitrogens is 4. The molecule has 1 aliphatic carbocycles. The summed E-state index contributed by atoms with van der Waals surface area (Å²) in [7, 11) is 0. The van der Waals surface area contributed by atoms with Crippen molar-refractivity contribution in [3.63, 3.8) is 0 Å². The van der Waals surface area contributed by atoms with Crippen LogP contribution in [0.2, 0.25) is 0 Å². The van der Waals surface area contributed by atoms with Crippen molar-refractivity contribution >= 4 is 11.9 Å². The molecule has 1 aliphatic heterocycles. The highest BCUT2D eigenvalue weighted by atomic mass is 16.1. The molecule has 4 rings (SSSR count). The lowest BCUT2D eigenvalue weighted by Crippen LogP contribution is -2.35. The predicted octanol–water partition coefficient (Wildman–Crippen LogP) is 1.58. The number of hydrogen-bond acceptors (Lipinski definition) is 5. The molecular weight excluding hydrogens is 328 g/mol. The molecule has 0 radical (unpaired) electrons. The molecule has 7 heteroatoms. The number of rotatable bonds is 6. The van der Waals surface area contributed by atoms with Gasteiger partial charge in [0.15, 0.2) is 0 Å². The van der Waals surface area contributed by atoms with Crippen LogP contribution in [0.5, 0.6) is 0 Å². The predicted molar refractivity (Wildman–Crippen MR) is 98.8 cm³/mol. The van der Waals surface area contributed by atoms with Gasteiger partial charge < -0.3 is 10.2 Å². The van der Waals surface area contributed by atoms with E-state index in [0.717, 1.165) is 62.5 Å². The van der Waals surface area contributed by atoms with Crippen LogP contribution in [0.25, 0.3) is 0 Å². The van der Waals surface area contributed by atoms with E-state index in [1.54, 1.807) is 6.20 Å². The van der Waals surface area contributed by atoms with E-state index in [0.29, 0.717) is 6.54 Å². The summed E-state index contributed by atoms with van der Waals surface area (Å²) in [5.74, 6) is 1.05. The number of hydrogen-bond donors (Lipinski definition) is 1. The monoisotopic (exact) mass is 354 g/mol. The molecule has 1 atom stereocenters. The van der Waals surface area contributed by atoms with Crippen molar-refractivity contribution in [3.05, 3.63) is 35.9 Å². The van der Waals surface area contributed by atoms with Crippen LogP contribution in [0.1, 0.15) is 36.9 Å². The molecule has 1 amide bonds. The van der Waals surface area contributed by atoms with Gasteiger partial charge in [0, 0.05) is 56.4 Å². The Morgan fingerprint density at radius 2 is 2.19 bits per heavy atom. The Morgan fingerprint density at radius 1 is 1.31 bits per heavy atom. The lowest BCUT2D eigenvalue weighted by atomic mass is 9.86. The molecule has 1 fully saturated rings. The van der Waals surface area contributed by atoms with Crippen LogP contribution in [-0.4, -0.2) is 45.3 Å². The molecule has 2 aromatic rings. The number of aryl methyl sites for hydroxylation is 2. The molecule has 0 saturated carbocycles. The SMILES string of the molecule is O=C(NCCCn1cccn1)C1CCc2nc(N3CCCC3)ncc2C1. The van der Waals surface area contributed by atoms with E-state index < -0.39 is 0 Å². The van der Waals surface area contributed by atoms with Crippen molar-refractivity contribution < 1.29 is 4.79 Å². The van der Waals surface area contributed by atoms with Gasteiger partial charge in [0.2, 0.25) is 11.9 Å². The van der Waals surface area contributed by atoms with Gasteiger partial charge in [-0.05, 0) is 50.2 Å². The van der Waals surface area contributed by atoms with E-state index >= 15 is 0 Å². The third-order valence-corrected chi connectivity index (χ3v) is 5.32. The summed E-state index contributed by atoms with van der Waals surface area (Å²) < 4.78 is 1.89. The topological polar surface area (TPSA) is 75.9 Å². The van der Waals surface area contributed by atoms with E-state index in [1.807, 2.05) is 23.1 Å². The molecule has 1 N–H and O–H groups in total. The average molecular weight is 354 g/mol. The van der Waals surface area contributed by atoms with Crippen molar-refractivity contribution in [1.29, 1.82) is 0 Å². The van der Waals surface area contributed by atoms with Crippen molar-refractivity contribution in [2.75, 3.05) is 24.5 Å². The molecule has 26 heavy (non-hydrogen) atoms. The third kappa shape index (κ3) is 3.86. The molecular formula is C19H26N6O. The highest BCUT2D eigenvalue weighted by Crippen LogP contribution is 2.26. The van der Waals surface area contributed by atoms with E-state index in [-0.39, 0.29) is 11.8 Å². The van der Waals surface area contributed by atoms with E-state index in [4.69, 9.17) is 4.98 Å². The molecule has 2 aromatic heterocycles. The van der Waals surface area contributed by atoms with Gasteiger partial charge in [0.25, 0.3) is 0 Å². The van der Waals surface area contributed by atoms with Crippen molar-refractivity contribution in [3.8, 4) is 0 Å². The van der Waals surface area contributed by atoms with Gasteiger partial charge >= 0.3 is 0 Å². The zero-order valence-corrected chi connectivity index (χ0v) is 15.1. The van der Waals surface area contributed by atoms with E-state index in [9.17, 15) is 4.79 Å². The molecule has 3 heterocycles. The largest absolute Gasteiger partial charge is 0.356 e. The highest BCUT2D eigenvalue weighted by molar-refractivity contribution is 5.79. The zero-order valence-electron chi connectivity index (χ0n) is 15.1. The molecule has 138 valence electrons. The van der Waals surface area contributed by atoms with Crippen molar-refractivity contribution in [1.82, 2.24) is 25.1 Å². The Balaban J connectivity index is 1.28. The van der Waals surface area contributed by atoms with Gasteiger partial charge in [0.1, 0.15) is 0 Å². The summed E-state index contributed by atoms with van der Waals surface area (Å²) in [5.41, 5.74) is 2.26. The number of carbonyl (C=O) groups is 1. The first-order chi connectivity index (χ1) is 12.8. The second-order valence-electron chi connectivity index (χ2n) is 7.19. The van der Waals surface area contributed by atoms with Gasteiger partial charge in [-0.25, -0.2) is 9.97 Å². The van der Waals surface area contributed by atoms with Gasteiger partial charge in [0.05, 0.1) is 0 Å². The maximum absolute atomic E-state index is 12.5. The van der Waals surface area contributed by atoms with Crippen LogP contribution >= 0.6 is 0 Å². The first-order valence-electron chi connectivity index (χ1n) is 9.64. The fraction of sp³-hybridized carbons (Fsp3) is 0.579. The van der Waals surface area contributed by atoms with Crippen LogP contribution in [0.3, 0.4) is 0 Å². The van der Waals surface area contributed by atoms with Crippen LogP contribution in [-0.2, 0) is 24.2 Å². The van der Waals surface area contributed by atoms with Gasteiger partial charge in [-0.3, -0.25) is 9.48 Å². The van der Waals surface area contributed by atoms with Crippen LogP contribution in [0, 0.1) is 5.92 Å². The summed E-state index contributed by atoms with van der Waals surface area (Å²) in [6, 6.07) is 1.91. The fourth-order valence-electron chi connectivity index (χ4n) is 3.82. The standard InChI is InChI=1S/C19H26N6O/c26-18(20-7-3-11-25-12-4-8-22-25)15-5-6-17-16(13-15)14-21-19(23-17)24-9-1-2-10-24/h4,8,12,14-15H,1-3,5-7,9-11,13H2,(H,20,26). The van der Waals surface area contributed by atoms with Gasteiger partial charge in [-0.2, -0.15) is 5.10 Å². The number of nitrogens with zero attached hydrogens (tertiary/aromatic N) is 5. The summed E-state index contributed by atoms with van der Waals surface area (Å²) >= 11 is 0. The Labute approximate surface area is 153 Å². The Bertz CT molecular complexity index is 738. The molecule has 1 saturated heterocycles. The van der Waals surface area contributed by atoms with Crippen molar-refractivity contribution in [2.45, 2.75) is 45.1 Å². The summed E-state index contributed by atoms with van der Waals surface area (Å²) in [6.07, 6.45) is 11.5. The second kappa shape index (κ2) is 7.85. The van der Waals surface area contributed by atoms with Crippen LogP contribution in [0.15, 0.2) is 24.7 Å². The molecule has 0 bridgehead atoms. The zero-order chi connectivity index (χ0) is 17.8. The maximum atomic E-state index is 12.5. The van der Waals surface area contributed by atoms with E-state index in [1.165, 1.54) is 12.8 Å². The van der Waals surface area contributed by atoms with E-state index in [2.05, 4.69) is 20.3 Å². The van der Waals surface area contributed by atoms with Gasteiger partial charge in [-0.1, -0.05) is 0 Å². The molecule has 0 aromatic carbocycles. The molecule has 0 spiro atoms. The Kier molecular flexibility index (Phi) is 5.13. The first kappa shape index (κ1) is 17.0. The lowest BCUT2D eigenvalue weighted by Gasteiger charge is -2.24. The molecule has 2 aliphatic rings. The minimum atomic E-state index is 0.0356. The van der Waals surface area contributed by atoms with Crippen LogP contribution < -0.4 is 10.2 Å². The number of nitrogens with one attached hydrogen (secondary N) is 1. The normalized spacial score (nSPS) is 19.4. The Hall–Kier alpha value is -2.44. The third-order valence-electron chi connectivity index (χ3n) is 5.32. The first-order valence-corrected chi connectivity index (χ1v) is 9.64. The lowest BCUT2D eigenvalue weighted by molar-refractivity contribution is -0.125. The quantitative estimate of drug-likeness (QED) is 0.797. The molecule has 1 unspecified atom stereocenters. The average Bonchev–Trinajstić information content (AvgIpc) is 3.38. The van der Waals surface area contributed by atoms with Crippen molar-refractivity contribution in [2.24, 2.45) is 5.92 Å². The smallest absolute Gasteiger partial charge is 0.225 e. The minimum absolute atomic E-state index is 0.0356.